The molecule has 0 radical (unpaired) electrons. The number of carbonyl (C=O) groups is 1. The number of rotatable bonds is 3. The molecule has 0 aliphatic heterocycles. The van der Waals surface area contributed by atoms with Crippen LogP contribution in [0.1, 0.15) is 32.7 Å². The highest BCUT2D eigenvalue weighted by Crippen LogP contribution is 2.14. The molecule has 3 rings (SSSR count). The van der Waals surface area contributed by atoms with Crippen molar-refractivity contribution in [1.82, 2.24) is 9.38 Å². The van der Waals surface area contributed by atoms with E-state index in [0.717, 1.165) is 16.7 Å². The maximum Gasteiger partial charge on any atom is 0.338 e. The summed E-state index contributed by atoms with van der Waals surface area (Å²) in [6.45, 7) is 5.70. The van der Waals surface area contributed by atoms with Crippen LogP contribution in [0, 0.1) is 20.8 Å². The van der Waals surface area contributed by atoms with E-state index in [0.29, 0.717) is 16.9 Å². The number of esters is 1. The smallest absolute Gasteiger partial charge is 0.338 e. The first-order valence-electron chi connectivity index (χ1n) is 7.68. The zero-order valence-corrected chi connectivity index (χ0v) is 13.9. The van der Waals surface area contributed by atoms with Crippen molar-refractivity contribution in [2.45, 2.75) is 27.4 Å². The van der Waals surface area contributed by atoms with Gasteiger partial charge in [0, 0.05) is 12.3 Å². The molecule has 5 nitrogen and oxygen atoms in total. The first kappa shape index (κ1) is 15.9. The molecule has 2 heterocycles. The third kappa shape index (κ3) is 3.06. The van der Waals surface area contributed by atoms with Crippen LogP contribution in [-0.4, -0.2) is 15.4 Å². The molecule has 0 fully saturated rings. The number of hydrogen-bond donors (Lipinski definition) is 0. The van der Waals surface area contributed by atoms with Gasteiger partial charge in [-0.15, -0.1) is 0 Å². The van der Waals surface area contributed by atoms with Crippen molar-refractivity contribution in [2.24, 2.45) is 0 Å². The Hall–Kier alpha value is -2.95. The molecule has 0 spiro atoms. The van der Waals surface area contributed by atoms with Gasteiger partial charge in [0.2, 0.25) is 0 Å². The SMILES string of the molecule is Cc1ccc2nc(COC(=O)c3cccc(C)c3C)cc(=O)n2c1. The molecule has 0 aliphatic carbocycles. The van der Waals surface area contributed by atoms with Crippen LogP contribution in [0.5, 0.6) is 0 Å². The molecule has 0 N–H and O–H groups in total. The van der Waals surface area contributed by atoms with Gasteiger partial charge in [-0.2, -0.15) is 0 Å². The van der Waals surface area contributed by atoms with Crippen molar-refractivity contribution in [3.05, 3.63) is 80.9 Å². The molecule has 0 atom stereocenters. The Morgan fingerprint density at radius 1 is 1.17 bits per heavy atom. The summed E-state index contributed by atoms with van der Waals surface area (Å²) in [4.78, 5) is 28.8. The lowest BCUT2D eigenvalue weighted by Crippen LogP contribution is -2.17. The zero-order chi connectivity index (χ0) is 17.3. The molecule has 3 aromatic rings. The topological polar surface area (TPSA) is 60.7 Å². The average Bonchev–Trinajstić information content (AvgIpc) is 2.56. The fourth-order valence-electron chi connectivity index (χ4n) is 2.52. The van der Waals surface area contributed by atoms with E-state index in [1.54, 1.807) is 18.3 Å². The molecule has 5 heteroatoms. The van der Waals surface area contributed by atoms with Crippen LogP contribution in [0.25, 0.3) is 5.65 Å². The highest BCUT2D eigenvalue weighted by Gasteiger charge is 2.12. The van der Waals surface area contributed by atoms with Gasteiger partial charge in [-0.05, 0) is 49.6 Å². The number of hydrogen-bond acceptors (Lipinski definition) is 4. The number of ether oxygens (including phenoxy) is 1. The quantitative estimate of drug-likeness (QED) is 0.696. The van der Waals surface area contributed by atoms with Crippen molar-refractivity contribution in [2.75, 3.05) is 0 Å². The number of nitrogens with zero attached hydrogens (tertiary/aromatic N) is 2. The molecule has 0 bridgehead atoms. The van der Waals surface area contributed by atoms with Gasteiger partial charge in [0.15, 0.2) is 0 Å². The Morgan fingerprint density at radius 2 is 1.96 bits per heavy atom. The summed E-state index contributed by atoms with van der Waals surface area (Å²) in [6, 6.07) is 10.5. The minimum absolute atomic E-state index is 0.0359. The predicted molar refractivity (Wildman–Crippen MR) is 91.2 cm³/mol. The highest BCUT2D eigenvalue weighted by molar-refractivity contribution is 5.91. The van der Waals surface area contributed by atoms with Crippen LogP contribution in [-0.2, 0) is 11.3 Å². The van der Waals surface area contributed by atoms with Crippen LogP contribution < -0.4 is 5.56 Å². The second kappa shape index (κ2) is 6.28. The van der Waals surface area contributed by atoms with Crippen molar-refractivity contribution in [3.8, 4) is 0 Å². The molecule has 0 saturated heterocycles. The van der Waals surface area contributed by atoms with E-state index in [9.17, 15) is 9.59 Å². The summed E-state index contributed by atoms with van der Waals surface area (Å²) in [5.74, 6) is -0.415. The monoisotopic (exact) mass is 322 g/mol. The fourth-order valence-corrected chi connectivity index (χ4v) is 2.52. The van der Waals surface area contributed by atoms with Crippen LogP contribution in [0.4, 0.5) is 0 Å². The van der Waals surface area contributed by atoms with Gasteiger partial charge >= 0.3 is 5.97 Å². The third-order valence-corrected chi connectivity index (χ3v) is 4.04. The van der Waals surface area contributed by atoms with E-state index < -0.39 is 5.97 Å². The number of fused-ring (bicyclic) bond motifs is 1. The van der Waals surface area contributed by atoms with Crippen molar-refractivity contribution >= 4 is 11.6 Å². The van der Waals surface area contributed by atoms with E-state index in [1.807, 2.05) is 39.0 Å². The minimum atomic E-state index is -0.415. The summed E-state index contributed by atoms with van der Waals surface area (Å²) in [5, 5.41) is 0. The summed E-state index contributed by atoms with van der Waals surface area (Å²) in [6.07, 6.45) is 1.73. The van der Waals surface area contributed by atoms with Crippen LogP contribution in [0.2, 0.25) is 0 Å². The van der Waals surface area contributed by atoms with E-state index in [1.165, 1.54) is 10.5 Å². The van der Waals surface area contributed by atoms with E-state index in [2.05, 4.69) is 4.98 Å². The van der Waals surface area contributed by atoms with Crippen LogP contribution in [0.15, 0.2) is 47.4 Å². The normalized spacial score (nSPS) is 10.8. The number of pyridine rings is 1. The second-order valence-electron chi connectivity index (χ2n) is 5.84. The molecule has 0 unspecified atom stereocenters. The Morgan fingerprint density at radius 3 is 2.75 bits per heavy atom. The molecule has 24 heavy (non-hydrogen) atoms. The van der Waals surface area contributed by atoms with Gasteiger partial charge in [0.1, 0.15) is 12.3 Å². The molecule has 0 saturated carbocycles. The lowest BCUT2D eigenvalue weighted by Gasteiger charge is -2.09. The maximum atomic E-state index is 12.3. The Kier molecular flexibility index (Phi) is 4.16. The fraction of sp³-hybridized carbons (Fsp3) is 0.211. The lowest BCUT2D eigenvalue weighted by atomic mass is 10.0. The van der Waals surface area contributed by atoms with Gasteiger partial charge in [0.05, 0.1) is 11.3 Å². The standard InChI is InChI=1S/C19H18N2O3/c1-12-7-8-17-20-15(9-18(22)21(17)10-12)11-24-19(23)16-6-4-5-13(2)14(16)3/h4-10H,11H2,1-3H3. The van der Waals surface area contributed by atoms with Gasteiger partial charge in [-0.1, -0.05) is 18.2 Å². The van der Waals surface area contributed by atoms with E-state index >= 15 is 0 Å². The first-order valence-corrected chi connectivity index (χ1v) is 7.68. The molecular formula is C19H18N2O3. The zero-order valence-electron chi connectivity index (χ0n) is 13.9. The number of aromatic nitrogens is 2. The molecule has 0 aliphatic rings. The number of aryl methyl sites for hydroxylation is 2. The summed E-state index contributed by atoms with van der Waals surface area (Å²) >= 11 is 0. The predicted octanol–water partition coefficient (Wildman–Crippen LogP) is 2.98. The summed E-state index contributed by atoms with van der Waals surface area (Å²) in [7, 11) is 0. The Bertz CT molecular complexity index is 990. The molecular weight excluding hydrogens is 304 g/mol. The van der Waals surface area contributed by atoms with E-state index in [-0.39, 0.29) is 12.2 Å². The van der Waals surface area contributed by atoms with Gasteiger partial charge in [0.25, 0.3) is 5.56 Å². The third-order valence-electron chi connectivity index (χ3n) is 4.04. The maximum absolute atomic E-state index is 12.3. The molecule has 122 valence electrons. The van der Waals surface area contributed by atoms with Crippen LogP contribution >= 0.6 is 0 Å². The van der Waals surface area contributed by atoms with Crippen molar-refractivity contribution in [1.29, 1.82) is 0 Å². The summed E-state index contributed by atoms with van der Waals surface area (Å²) < 4.78 is 6.81. The first-order chi connectivity index (χ1) is 11.5. The van der Waals surface area contributed by atoms with Gasteiger partial charge in [-0.3, -0.25) is 9.20 Å². The van der Waals surface area contributed by atoms with Gasteiger partial charge < -0.3 is 4.74 Å². The van der Waals surface area contributed by atoms with Crippen molar-refractivity contribution < 1.29 is 9.53 Å². The molecule has 2 aromatic heterocycles. The number of carbonyl (C=O) groups excluding carboxylic acids is 1. The Balaban J connectivity index is 1.83. The highest BCUT2D eigenvalue weighted by atomic mass is 16.5. The van der Waals surface area contributed by atoms with Crippen LogP contribution in [0.3, 0.4) is 0 Å². The molecule has 0 amide bonds. The van der Waals surface area contributed by atoms with Gasteiger partial charge in [-0.25, -0.2) is 9.78 Å². The van der Waals surface area contributed by atoms with Crippen molar-refractivity contribution in [3.63, 3.8) is 0 Å². The number of benzene rings is 1. The largest absolute Gasteiger partial charge is 0.456 e. The summed E-state index contributed by atoms with van der Waals surface area (Å²) in [5.41, 5.74) is 4.20. The second-order valence-corrected chi connectivity index (χ2v) is 5.84. The lowest BCUT2D eigenvalue weighted by molar-refractivity contribution is 0.0466. The molecule has 1 aromatic carbocycles. The Labute approximate surface area is 139 Å². The van der Waals surface area contributed by atoms with E-state index in [4.69, 9.17) is 4.74 Å². The minimum Gasteiger partial charge on any atom is -0.456 e. The average molecular weight is 322 g/mol.